The third-order valence-corrected chi connectivity index (χ3v) is 2.30. The molecule has 0 fully saturated rings. The third kappa shape index (κ3) is 6.25. The van der Waals surface area contributed by atoms with E-state index in [1.54, 1.807) is 24.3 Å². The summed E-state index contributed by atoms with van der Waals surface area (Å²) in [7, 11) is 3.99. The average molecular weight is 265 g/mol. The van der Waals surface area contributed by atoms with Crippen LogP contribution in [0.2, 0.25) is 0 Å². The van der Waals surface area contributed by atoms with Gasteiger partial charge in [-0.05, 0) is 59.1 Å². The summed E-state index contributed by atoms with van der Waals surface area (Å²) in [5.41, 5.74) is 0.0627. The lowest BCUT2D eigenvalue weighted by atomic mass is 10.1. The fourth-order valence-electron chi connectivity index (χ4n) is 1.37. The molecule has 0 bridgehead atoms. The first-order valence-electron chi connectivity index (χ1n) is 6.39. The maximum absolute atomic E-state index is 11.8. The minimum Gasteiger partial charge on any atom is -0.492 e. The van der Waals surface area contributed by atoms with Crippen LogP contribution in [0.25, 0.3) is 0 Å². The summed E-state index contributed by atoms with van der Waals surface area (Å²) >= 11 is 0. The molecule has 19 heavy (non-hydrogen) atoms. The first kappa shape index (κ1) is 15.5. The molecule has 0 aliphatic heterocycles. The summed E-state index contributed by atoms with van der Waals surface area (Å²) in [6.45, 7) is 7.03. The summed E-state index contributed by atoms with van der Waals surface area (Å²) in [6.07, 6.45) is 0. The number of nitrogens with zero attached hydrogens (tertiary/aromatic N) is 1. The Hall–Kier alpha value is -1.55. The Morgan fingerprint density at radius 2 is 1.74 bits per heavy atom. The molecule has 0 heterocycles. The van der Waals surface area contributed by atoms with E-state index in [4.69, 9.17) is 9.47 Å². The van der Waals surface area contributed by atoms with Crippen molar-refractivity contribution in [2.75, 3.05) is 27.2 Å². The normalized spacial score (nSPS) is 11.5. The van der Waals surface area contributed by atoms with Crippen LogP contribution in [0, 0.1) is 0 Å². The van der Waals surface area contributed by atoms with Crippen molar-refractivity contribution >= 4 is 5.97 Å². The molecule has 4 nitrogen and oxygen atoms in total. The molecule has 0 saturated carbocycles. The van der Waals surface area contributed by atoms with Gasteiger partial charge in [0, 0.05) is 6.54 Å². The number of hydrogen-bond donors (Lipinski definition) is 0. The van der Waals surface area contributed by atoms with Crippen LogP contribution in [0.5, 0.6) is 5.75 Å². The predicted octanol–water partition coefficient (Wildman–Crippen LogP) is 2.58. The lowest BCUT2D eigenvalue weighted by Gasteiger charge is -2.19. The minimum absolute atomic E-state index is 0.313. The maximum Gasteiger partial charge on any atom is 0.338 e. The Bertz CT molecular complexity index is 404. The molecule has 0 atom stereocenters. The molecule has 0 saturated heterocycles. The van der Waals surface area contributed by atoms with Crippen molar-refractivity contribution in [1.29, 1.82) is 0 Å². The highest BCUT2D eigenvalue weighted by molar-refractivity contribution is 5.89. The van der Waals surface area contributed by atoms with E-state index in [1.807, 2.05) is 34.9 Å². The summed E-state index contributed by atoms with van der Waals surface area (Å²) in [4.78, 5) is 13.9. The fraction of sp³-hybridized carbons (Fsp3) is 0.533. The number of benzene rings is 1. The highest BCUT2D eigenvalue weighted by Gasteiger charge is 2.17. The van der Waals surface area contributed by atoms with E-state index in [9.17, 15) is 4.79 Å². The van der Waals surface area contributed by atoms with E-state index in [0.717, 1.165) is 12.3 Å². The standard InChI is InChI=1S/C15H23NO3/c1-15(2,3)19-14(17)12-6-8-13(9-7-12)18-11-10-16(4)5/h6-9H,10-11H2,1-5H3. The number of esters is 1. The zero-order valence-electron chi connectivity index (χ0n) is 12.4. The fourth-order valence-corrected chi connectivity index (χ4v) is 1.37. The number of likely N-dealkylation sites (N-methyl/N-ethyl adjacent to an activating group) is 1. The number of carbonyl (C=O) groups excluding carboxylic acids is 1. The Labute approximate surface area is 115 Å². The van der Waals surface area contributed by atoms with Gasteiger partial charge in [-0.3, -0.25) is 0 Å². The second kappa shape index (κ2) is 6.57. The van der Waals surface area contributed by atoms with E-state index in [1.165, 1.54) is 0 Å². The van der Waals surface area contributed by atoms with Gasteiger partial charge in [-0.15, -0.1) is 0 Å². The monoisotopic (exact) mass is 265 g/mol. The number of ether oxygens (including phenoxy) is 2. The molecule has 0 aromatic heterocycles. The Kier molecular flexibility index (Phi) is 5.36. The van der Waals surface area contributed by atoms with Crippen molar-refractivity contribution in [3.05, 3.63) is 29.8 Å². The van der Waals surface area contributed by atoms with Gasteiger partial charge in [0.15, 0.2) is 0 Å². The van der Waals surface area contributed by atoms with Gasteiger partial charge in [-0.25, -0.2) is 4.79 Å². The number of hydrogen-bond acceptors (Lipinski definition) is 4. The molecule has 0 spiro atoms. The van der Waals surface area contributed by atoms with Crippen LogP contribution < -0.4 is 4.74 Å². The molecule has 1 rings (SSSR count). The van der Waals surface area contributed by atoms with Gasteiger partial charge in [0.2, 0.25) is 0 Å². The molecular formula is C15H23NO3. The van der Waals surface area contributed by atoms with E-state index < -0.39 is 5.60 Å². The smallest absolute Gasteiger partial charge is 0.338 e. The zero-order chi connectivity index (χ0) is 14.5. The SMILES string of the molecule is CN(C)CCOc1ccc(C(=O)OC(C)(C)C)cc1. The Balaban J connectivity index is 2.54. The van der Waals surface area contributed by atoms with Crippen molar-refractivity contribution in [2.45, 2.75) is 26.4 Å². The molecule has 0 unspecified atom stereocenters. The van der Waals surface area contributed by atoms with Gasteiger partial charge < -0.3 is 14.4 Å². The van der Waals surface area contributed by atoms with Gasteiger partial charge in [-0.1, -0.05) is 0 Å². The highest BCUT2D eigenvalue weighted by Crippen LogP contribution is 2.16. The van der Waals surface area contributed by atoms with Gasteiger partial charge in [0.25, 0.3) is 0 Å². The van der Waals surface area contributed by atoms with E-state index in [2.05, 4.69) is 4.90 Å². The van der Waals surface area contributed by atoms with Gasteiger partial charge in [0.05, 0.1) is 5.56 Å². The Morgan fingerprint density at radius 3 is 2.21 bits per heavy atom. The molecular weight excluding hydrogens is 242 g/mol. The van der Waals surface area contributed by atoms with Gasteiger partial charge in [0.1, 0.15) is 18.0 Å². The van der Waals surface area contributed by atoms with Crippen LogP contribution in [-0.2, 0) is 4.74 Å². The average Bonchev–Trinajstić information content (AvgIpc) is 2.27. The summed E-state index contributed by atoms with van der Waals surface area (Å²) in [5.74, 6) is 0.446. The molecule has 0 aliphatic rings. The largest absolute Gasteiger partial charge is 0.492 e. The molecule has 106 valence electrons. The second-order valence-corrected chi connectivity index (χ2v) is 5.68. The first-order chi connectivity index (χ1) is 8.78. The third-order valence-electron chi connectivity index (χ3n) is 2.30. The van der Waals surface area contributed by atoms with Crippen molar-refractivity contribution in [1.82, 2.24) is 4.90 Å². The Morgan fingerprint density at radius 1 is 1.16 bits per heavy atom. The van der Waals surface area contributed by atoms with Crippen molar-refractivity contribution < 1.29 is 14.3 Å². The number of carbonyl (C=O) groups is 1. The van der Waals surface area contributed by atoms with E-state index in [0.29, 0.717) is 12.2 Å². The lowest BCUT2D eigenvalue weighted by molar-refractivity contribution is 0.00695. The highest BCUT2D eigenvalue weighted by atomic mass is 16.6. The molecule has 1 aromatic carbocycles. The van der Waals surface area contributed by atoms with Crippen molar-refractivity contribution in [3.8, 4) is 5.75 Å². The van der Waals surface area contributed by atoms with Crippen LogP contribution in [0.3, 0.4) is 0 Å². The van der Waals surface area contributed by atoms with E-state index >= 15 is 0 Å². The number of rotatable bonds is 5. The lowest BCUT2D eigenvalue weighted by Crippen LogP contribution is -2.23. The van der Waals surface area contributed by atoms with E-state index in [-0.39, 0.29) is 5.97 Å². The first-order valence-corrected chi connectivity index (χ1v) is 6.39. The van der Waals surface area contributed by atoms with Crippen LogP contribution in [0.1, 0.15) is 31.1 Å². The molecule has 0 radical (unpaired) electrons. The molecule has 4 heteroatoms. The van der Waals surface area contributed by atoms with Crippen LogP contribution in [-0.4, -0.2) is 43.7 Å². The van der Waals surface area contributed by atoms with Crippen LogP contribution in [0.4, 0.5) is 0 Å². The van der Waals surface area contributed by atoms with Gasteiger partial charge in [-0.2, -0.15) is 0 Å². The topological polar surface area (TPSA) is 38.8 Å². The quantitative estimate of drug-likeness (QED) is 0.767. The van der Waals surface area contributed by atoms with Crippen molar-refractivity contribution in [3.63, 3.8) is 0 Å². The zero-order valence-corrected chi connectivity index (χ0v) is 12.4. The second-order valence-electron chi connectivity index (χ2n) is 5.68. The van der Waals surface area contributed by atoms with Crippen LogP contribution in [0.15, 0.2) is 24.3 Å². The summed E-state index contributed by atoms with van der Waals surface area (Å²) in [6, 6.07) is 7.02. The van der Waals surface area contributed by atoms with Crippen LogP contribution >= 0.6 is 0 Å². The summed E-state index contributed by atoms with van der Waals surface area (Å²) in [5, 5.41) is 0. The minimum atomic E-state index is -0.474. The molecule has 0 amide bonds. The predicted molar refractivity (Wildman–Crippen MR) is 75.7 cm³/mol. The molecule has 0 aliphatic carbocycles. The maximum atomic E-state index is 11.8. The molecule has 1 aromatic rings. The van der Waals surface area contributed by atoms with Crippen molar-refractivity contribution in [2.24, 2.45) is 0 Å². The molecule has 0 N–H and O–H groups in total. The summed E-state index contributed by atoms with van der Waals surface area (Å²) < 4.78 is 10.8. The van der Waals surface area contributed by atoms with Gasteiger partial charge >= 0.3 is 5.97 Å².